The van der Waals surface area contributed by atoms with E-state index in [1.165, 1.54) is 0 Å². The van der Waals surface area contributed by atoms with Gasteiger partial charge in [-0.3, -0.25) is 4.79 Å². The molecule has 1 spiro atoms. The Morgan fingerprint density at radius 2 is 1.86 bits per heavy atom. The van der Waals surface area contributed by atoms with E-state index in [2.05, 4.69) is 20.8 Å². The van der Waals surface area contributed by atoms with Gasteiger partial charge in [0.2, 0.25) is 0 Å². The minimum atomic E-state index is -0.426. The number of aliphatic hydroxyl groups excluding tert-OH is 1. The lowest BCUT2D eigenvalue weighted by atomic mass is 9.52. The molecule has 0 aromatic heterocycles. The molecule has 0 radical (unpaired) electrons. The first-order valence-electron chi connectivity index (χ1n) is 11.5. The molecule has 0 aromatic carbocycles. The first kappa shape index (κ1) is 19.3. The average Bonchev–Trinajstić information content (AvgIpc) is 2.95. The number of Topliss-reactive ketones (excluding diaryl/α,β-unsaturated/α-hetero) is 1. The van der Waals surface area contributed by atoms with E-state index >= 15 is 0 Å². The van der Waals surface area contributed by atoms with Crippen LogP contribution in [0.5, 0.6) is 0 Å². The van der Waals surface area contributed by atoms with Gasteiger partial charge >= 0.3 is 0 Å². The molecule has 4 aliphatic carbocycles. The molecule has 4 nitrogen and oxygen atoms in total. The quantitative estimate of drug-likeness (QED) is 0.677. The van der Waals surface area contributed by atoms with Crippen LogP contribution in [0.3, 0.4) is 0 Å². The van der Waals surface area contributed by atoms with E-state index in [9.17, 15) is 9.90 Å². The Hall–Kier alpha value is -0.710. The molecule has 0 amide bonds. The van der Waals surface area contributed by atoms with Gasteiger partial charge in [-0.2, -0.15) is 0 Å². The maximum Gasteiger partial charge on any atom is 0.172 e. The molecule has 4 heteroatoms. The topological polar surface area (TPSA) is 55.8 Å². The van der Waals surface area contributed by atoms with Crippen LogP contribution in [0.25, 0.3) is 0 Å². The highest BCUT2D eigenvalue weighted by Gasteiger charge is 2.60. The van der Waals surface area contributed by atoms with Crippen LogP contribution < -0.4 is 0 Å². The second-order valence-corrected chi connectivity index (χ2v) is 11.0. The standard InChI is InChI=1S/C24H36O4/c1-4-23-9-7-17-16-8-10-24(27-13-22(2,3)14-28-24)12-15(16)5-6-18(17)21(23)19(25)11-20(23)26/h17-19,21,25H,4-14H2,1-3H3/t17-,18-,19+,21-,23-/m1/s1. The molecule has 2 saturated carbocycles. The fourth-order valence-electron chi connectivity index (χ4n) is 7.43. The van der Waals surface area contributed by atoms with E-state index in [4.69, 9.17) is 9.47 Å². The molecule has 5 atom stereocenters. The van der Waals surface area contributed by atoms with E-state index in [1.807, 2.05) is 0 Å². The number of rotatable bonds is 1. The van der Waals surface area contributed by atoms with Gasteiger partial charge in [0.1, 0.15) is 5.78 Å². The lowest BCUT2D eigenvalue weighted by molar-refractivity contribution is -0.303. The SMILES string of the molecule is CC[C@]12CC[C@@H]3C4=C(CC[C@H]3[C@@H]1[C@@H](O)CC2=O)CC1(CC4)OCC(C)(C)CO1. The molecule has 3 fully saturated rings. The third-order valence-electron chi connectivity index (χ3n) is 8.90. The molecule has 5 rings (SSSR count). The van der Waals surface area contributed by atoms with Gasteiger partial charge in [-0.15, -0.1) is 0 Å². The number of hydrogen-bond donors (Lipinski definition) is 1. The normalized spacial score (nSPS) is 44.2. The summed E-state index contributed by atoms with van der Waals surface area (Å²) < 4.78 is 12.6. The number of hydrogen-bond acceptors (Lipinski definition) is 4. The van der Waals surface area contributed by atoms with E-state index in [0.717, 1.165) is 64.6 Å². The van der Waals surface area contributed by atoms with E-state index < -0.39 is 11.9 Å². The summed E-state index contributed by atoms with van der Waals surface area (Å²) in [6.07, 6.45) is 8.08. The van der Waals surface area contributed by atoms with Gasteiger partial charge in [-0.25, -0.2) is 0 Å². The van der Waals surface area contributed by atoms with Crippen LogP contribution in [-0.4, -0.2) is 36.0 Å². The van der Waals surface area contributed by atoms with Gasteiger partial charge in [-0.1, -0.05) is 31.9 Å². The van der Waals surface area contributed by atoms with Crippen molar-refractivity contribution in [2.24, 2.45) is 28.6 Å². The summed E-state index contributed by atoms with van der Waals surface area (Å²) in [7, 11) is 0. The van der Waals surface area contributed by atoms with Gasteiger partial charge in [0.15, 0.2) is 5.79 Å². The van der Waals surface area contributed by atoms with Crippen molar-refractivity contribution in [3.63, 3.8) is 0 Å². The van der Waals surface area contributed by atoms with Crippen molar-refractivity contribution in [3.05, 3.63) is 11.1 Å². The highest BCUT2D eigenvalue weighted by atomic mass is 16.7. The molecule has 1 saturated heterocycles. The fourth-order valence-corrected chi connectivity index (χ4v) is 7.43. The Labute approximate surface area is 169 Å². The zero-order chi connectivity index (χ0) is 19.7. The van der Waals surface area contributed by atoms with Gasteiger partial charge in [0, 0.05) is 36.0 Å². The predicted octanol–water partition coefficient (Wildman–Crippen LogP) is 4.40. The van der Waals surface area contributed by atoms with Gasteiger partial charge in [-0.05, 0) is 50.4 Å². The molecule has 0 unspecified atom stereocenters. The zero-order valence-corrected chi connectivity index (χ0v) is 17.8. The van der Waals surface area contributed by atoms with Crippen molar-refractivity contribution in [1.29, 1.82) is 0 Å². The zero-order valence-electron chi connectivity index (χ0n) is 17.8. The molecule has 5 aliphatic rings. The molecule has 1 N–H and O–H groups in total. The van der Waals surface area contributed by atoms with Crippen LogP contribution in [-0.2, 0) is 14.3 Å². The fraction of sp³-hybridized carbons (Fsp3) is 0.875. The van der Waals surface area contributed by atoms with Crippen LogP contribution in [0, 0.1) is 28.6 Å². The summed E-state index contributed by atoms with van der Waals surface area (Å²) in [5.74, 6) is 1.16. The van der Waals surface area contributed by atoms with Crippen molar-refractivity contribution in [2.45, 2.75) is 90.4 Å². The second-order valence-electron chi connectivity index (χ2n) is 11.0. The third-order valence-corrected chi connectivity index (χ3v) is 8.90. The molecular weight excluding hydrogens is 352 g/mol. The Morgan fingerprint density at radius 1 is 1.11 bits per heavy atom. The molecule has 156 valence electrons. The summed E-state index contributed by atoms with van der Waals surface area (Å²) >= 11 is 0. The lowest BCUT2D eigenvalue weighted by Gasteiger charge is -2.53. The van der Waals surface area contributed by atoms with Crippen molar-refractivity contribution >= 4 is 5.78 Å². The summed E-state index contributed by atoms with van der Waals surface area (Å²) in [5.41, 5.74) is 3.07. The minimum Gasteiger partial charge on any atom is -0.392 e. The van der Waals surface area contributed by atoms with E-state index in [-0.39, 0.29) is 16.7 Å². The summed E-state index contributed by atoms with van der Waals surface area (Å²) in [6, 6.07) is 0. The van der Waals surface area contributed by atoms with Crippen molar-refractivity contribution in [1.82, 2.24) is 0 Å². The smallest absolute Gasteiger partial charge is 0.172 e. The number of allylic oxidation sites excluding steroid dienone is 1. The number of ether oxygens (including phenoxy) is 2. The van der Waals surface area contributed by atoms with Crippen LogP contribution in [0.1, 0.15) is 78.6 Å². The Kier molecular flexibility index (Phi) is 4.40. The van der Waals surface area contributed by atoms with E-state index in [0.29, 0.717) is 24.0 Å². The molecule has 0 bridgehead atoms. The van der Waals surface area contributed by atoms with Gasteiger partial charge < -0.3 is 14.6 Å². The highest BCUT2D eigenvalue weighted by Crippen LogP contribution is 2.62. The van der Waals surface area contributed by atoms with Crippen molar-refractivity contribution < 1.29 is 19.4 Å². The number of aliphatic hydroxyl groups is 1. The maximum absolute atomic E-state index is 12.8. The van der Waals surface area contributed by atoms with Crippen LogP contribution in [0.15, 0.2) is 11.1 Å². The number of carbonyl (C=O) groups excluding carboxylic acids is 1. The van der Waals surface area contributed by atoms with Crippen LogP contribution >= 0.6 is 0 Å². The highest BCUT2D eigenvalue weighted by molar-refractivity contribution is 5.88. The first-order chi connectivity index (χ1) is 13.3. The summed E-state index contributed by atoms with van der Waals surface area (Å²) in [6.45, 7) is 8.11. The van der Waals surface area contributed by atoms with E-state index in [1.54, 1.807) is 11.1 Å². The van der Waals surface area contributed by atoms with Crippen molar-refractivity contribution in [2.75, 3.05) is 13.2 Å². The summed E-state index contributed by atoms with van der Waals surface area (Å²) in [5, 5.41) is 10.8. The van der Waals surface area contributed by atoms with Gasteiger partial charge in [0.25, 0.3) is 0 Å². The average molecular weight is 389 g/mol. The maximum atomic E-state index is 12.8. The monoisotopic (exact) mass is 388 g/mol. The van der Waals surface area contributed by atoms with Crippen molar-refractivity contribution in [3.8, 4) is 0 Å². The molecular formula is C24H36O4. The van der Waals surface area contributed by atoms with Crippen LogP contribution in [0.4, 0.5) is 0 Å². The number of fused-ring (bicyclic) bond motifs is 4. The predicted molar refractivity (Wildman–Crippen MR) is 107 cm³/mol. The molecule has 28 heavy (non-hydrogen) atoms. The number of carbonyl (C=O) groups is 1. The number of ketones is 1. The van der Waals surface area contributed by atoms with Crippen LogP contribution in [0.2, 0.25) is 0 Å². The minimum absolute atomic E-state index is 0.107. The molecule has 0 aromatic rings. The summed E-state index contributed by atoms with van der Waals surface area (Å²) in [4.78, 5) is 12.8. The second kappa shape index (κ2) is 6.39. The third kappa shape index (κ3) is 2.70. The Balaban J connectivity index is 1.39. The lowest BCUT2D eigenvalue weighted by Crippen LogP contribution is -2.51. The molecule has 1 heterocycles. The first-order valence-corrected chi connectivity index (χ1v) is 11.5. The van der Waals surface area contributed by atoms with Gasteiger partial charge in [0.05, 0.1) is 19.3 Å². The Morgan fingerprint density at radius 3 is 2.57 bits per heavy atom. The largest absolute Gasteiger partial charge is 0.392 e. The molecule has 1 aliphatic heterocycles. The Bertz CT molecular complexity index is 697.